The molecule has 0 radical (unpaired) electrons. The van der Waals surface area contributed by atoms with Gasteiger partial charge >= 0.3 is 0 Å². The lowest BCUT2D eigenvalue weighted by Gasteiger charge is -2.40. The minimum absolute atomic E-state index is 0.114. The Morgan fingerprint density at radius 3 is 2.86 bits per heavy atom. The third-order valence-corrected chi connectivity index (χ3v) is 7.76. The predicted molar refractivity (Wildman–Crippen MR) is 135 cm³/mol. The summed E-state index contributed by atoms with van der Waals surface area (Å²) in [6.07, 6.45) is 5.91. The maximum absolute atomic E-state index is 13.6. The van der Waals surface area contributed by atoms with Crippen molar-refractivity contribution in [2.75, 3.05) is 26.3 Å². The number of nitrogens with zero attached hydrogens (tertiary/aromatic N) is 5. The molecule has 0 spiro atoms. The van der Waals surface area contributed by atoms with Crippen molar-refractivity contribution in [1.82, 2.24) is 29.2 Å². The normalized spacial score (nSPS) is 20.3. The van der Waals surface area contributed by atoms with Crippen LogP contribution >= 0.6 is 11.6 Å². The van der Waals surface area contributed by atoms with E-state index in [-0.39, 0.29) is 11.0 Å². The Hall–Kier alpha value is -2.94. The average Bonchev–Trinajstić information content (AvgIpc) is 3.43. The summed E-state index contributed by atoms with van der Waals surface area (Å²) in [7, 11) is 1.94. The molecule has 0 aliphatic carbocycles. The van der Waals surface area contributed by atoms with Crippen molar-refractivity contribution in [2.45, 2.75) is 31.7 Å². The summed E-state index contributed by atoms with van der Waals surface area (Å²) >= 11 is 6.70. The number of ether oxygens (including phenoxy) is 1. The largest absolute Gasteiger partial charge is 0.378 e. The topological polar surface area (TPSA) is 81.0 Å². The summed E-state index contributed by atoms with van der Waals surface area (Å²) in [6, 6.07) is 9.99. The molecule has 2 saturated heterocycles. The standard InChI is InChI=1S/C26H29ClN6O2/c1-17-5-4-8-32(11-17)12-19-10-21-22(27)13-33(24(34)23(21)29-19)20-7-3-6-18(9-20)26(14-35-15-26)25-30-28-16-31(25)2/h3,6-7,9-10,13,16-17,29H,4-5,8,11-12,14-15H2,1-2H3/t17-/m0/s1. The zero-order valence-corrected chi connectivity index (χ0v) is 20.8. The fourth-order valence-electron chi connectivity index (χ4n) is 5.58. The van der Waals surface area contributed by atoms with Gasteiger partial charge in [0.25, 0.3) is 5.56 Å². The highest BCUT2D eigenvalue weighted by Crippen LogP contribution is 2.38. The van der Waals surface area contributed by atoms with Crippen LogP contribution in [0.1, 0.15) is 36.8 Å². The van der Waals surface area contributed by atoms with Crippen LogP contribution in [-0.4, -0.2) is 55.5 Å². The van der Waals surface area contributed by atoms with Crippen LogP contribution in [0.15, 0.2) is 47.7 Å². The van der Waals surface area contributed by atoms with Gasteiger partial charge in [0.15, 0.2) is 0 Å². The molecule has 8 nitrogen and oxygen atoms in total. The van der Waals surface area contributed by atoms with Crippen LogP contribution in [-0.2, 0) is 23.7 Å². The Bertz CT molecular complexity index is 1450. The number of rotatable bonds is 5. The number of aromatic nitrogens is 5. The number of H-pyrrole nitrogens is 1. The molecule has 5 heterocycles. The second-order valence-electron chi connectivity index (χ2n) is 10.1. The molecule has 0 amide bonds. The van der Waals surface area contributed by atoms with Gasteiger partial charge in [-0.15, -0.1) is 10.2 Å². The summed E-state index contributed by atoms with van der Waals surface area (Å²) in [4.78, 5) is 19.4. The zero-order valence-electron chi connectivity index (χ0n) is 20.0. The highest BCUT2D eigenvalue weighted by Gasteiger charge is 2.46. The van der Waals surface area contributed by atoms with E-state index >= 15 is 0 Å². The number of hydrogen-bond donors (Lipinski definition) is 1. The van der Waals surface area contributed by atoms with Gasteiger partial charge in [-0.2, -0.15) is 0 Å². The highest BCUT2D eigenvalue weighted by atomic mass is 35.5. The van der Waals surface area contributed by atoms with Crippen LogP contribution in [0.5, 0.6) is 0 Å². The SMILES string of the molecule is C[C@H]1CCCN(Cc2cc3c(Cl)cn(-c4cccc(C5(c6nncn6C)COC5)c4)c(=O)c3[nH]2)C1. The summed E-state index contributed by atoms with van der Waals surface area (Å²) in [5, 5.41) is 9.73. The molecule has 3 aromatic heterocycles. The molecule has 0 unspecified atom stereocenters. The molecule has 1 atom stereocenters. The lowest BCUT2D eigenvalue weighted by Crippen LogP contribution is -2.49. The van der Waals surface area contributed by atoms with Gasteiger partial charge in [0.2, 0.25) is 0 Å². The van der Waals surface area contributed by atoms with Gasteiger partial charge in [-0.3, -0.25) is 14.3 Å². The van der Waals surface area contributed by atoms with Crippen LogP contribution in [0.4, 0.5) is 0 Å². The summed E-state index contributed by atoms with van der Waals surface area (Å²) in [5.74, 6) is 1.55. The Kier molecular flexibility index (Phi) is 5.55. The van der Waals surface area contributed by atoms with Crippen molar-refractivity contribution in [3.05, 3.63) is 75.3 Å². The molecule has 1 aromatic carbocycles. The fourth-order valence-corrected chi connectivity index (χ4v) is 5.83. The third kappa shape index (κ3) is 3.80. The van der Waals surface area contributed by atoms with Gasteiger partial charge in [0.05, 0.1) is 18.2 Å². The molecular weight excluding hydrogens is 464 g/mol. The highest BCUT2D eigenvalue weighted by molar-refractivity contribution is 6.35. The molecule has 4 aromatic rings. The second kappa shape index (κ2) is 8.62. The second-order valence-corrected chi connectivity index (χ2v) is 10.5. The van der Waals surface area contributed by atoms with E-state index < -0.39 is 0 Å². The van der Waals surface area contributed by atoms with Gasteiger partial charge in [0.1, 0.15) is 23.1 Å². The maximum Gasteiger partial charge on any atom is 0.279 e. The van der Waals surface area contributed by atoms with Crippen molar-refractivity contribution < 1.29 is 4.74 Å². The van der Waals surface area contributed by atoms with E-state index in [0.29, 0.717) is 29.7 Å². The third-order valence-electron chi connectivity index (χ3n) is 7.45. The van der Waals surface area contributed by atoms with Crippen molar-refractivity contribution in [3.8, 4) is 5.69 Å². The molecule has 2 fully saturated rings. The van der Waals surface area contributed by atoms with Crippen LogP contribution in [0, 0.1) is 5.92 Å². The molecule has 182 valence electrons. The van der Waals surface area contributed by atoms with E-state index in [1.807, 2.05) is 35.9 Å². The van der Waals surface area contributed by atoms with Crippen molar-refractivity contribution in [1.29, 1.82) is 0 Å². The van der Waals surface area contributed by atoms with E-state index in [0.717, 1.165) is 47.8 Å². The molecular formula is C26H29ClN6O2. The zero-order chi connectivity index (χ0) is 24.2. The quantitative estimate of drug-likeness (QED) is 0.460. The Morgan fingerprint density at radius 1 is 1.29 bits per heavy atom. The van der Waals surface area contributed by atoms with Crippen LogP contribution in [0.3, 0.4) is 0 Å². The minimum atomic E-state index is -0.385. The number of nitrogens with one attached hydrogen (secondary N) is 1. The van der Waals surface area contributed by atoms with Gasteiger partial charge in [-0.25, -0.2) is 0 Å². The summed E-state index contributed by atoms with van der Waals surface area (Å²) in [6.45, 7) is 6.30. The van der Waals surface area contributed by atoms with Gasteiger partial charge in [0, 0.05) is 43.1 Å². The first-order valence-electron chi connectivity index (χ1n) is 12.1. The van der Waals surface area contributed by atoms with E-state index in [2.05, 4.69) is 33.1 Å². The van der Waals surface area contributed by atoms with Crippen molar-refractivity contribution >= 4 is 22.5 Å². The number of fused-ring (bicyclic) bond motifs is 1. The fraction of sp³-hybridized carbons (Fsp3) is 0.423. The molecule has 0 bridgehead atoms. The van der Waals surface area contributed by atoms with Crippen LogP contribution in [0.25, 0.3) is 16.6 Å². The first kappa shape index (κ1) is 22.5. The Morgan fingerprint density at radius 2 is 2.14 bits per heavy atom. The van der Waals surface area contributed by atoms with Crippen LogP contribution < -0.4 is 5.56 Å². The molecule has 2 aliphatic heterocycles. The lowest BCUT2D eigenvalue weighted by molar-refractivity contribution is -0.0435. The van der Waals surface area contributed by atoms with E-state index in [1.165, 1.54) is 12.8 Å². The monoisotopic (exact) mass is 492 g/mol. The first-order chi connectivity index (χ1) is 16.9. The van der Waals surface area contributed by atoms with Crippen molar-refractivity contribution in [2.24, 2.45) is 13.0 Å². The number of likely N-dealkylation sites (tertiary alicyclic amines) is 1. The Labute approximate surface area is 208 Å². The molecule has 35 heavy (non-hydrogen) atoms. The van der Waals surface area contributed by atoms with Crippen molar-refractivity contribution in [3.63, 3.8) is 0 Å². The minimum Gasteiger partial charge on any atom is -0.378 e. The van der Waals surface area contributed by atoms with Gasteiger partial charge in [-0.1, -0.05) is 30.7 Å². The summed E-state index contributed by atoms with van der Waals surface area (Å²) < 4.78 is 9.16. The Balaban J connectivity index is 1.38. The number of piperidine rings is 1. The number of aromatic amines is 1. The lowest BCUT2D eigenvalue weighted by atomic mass is 9.77. The van der Waals surface area contributed by atoms with E-state index in [1.54, 1.807) is 17.1 Å². The van der Waals surface area contributed by atoms with Gasteiger partial charge < -0.3 is 14.3 Å². The molecule has 6 rings (SSSR count). The average molecular weight is 493 g/mol. The first-order valence-corrected chi connectivity index (χ1v) is 12.5. The number of hydrogen-bond acceptors (Lipinski definition) is 5. The van der Waals surface area contributed by atoms with Gasteiger partial charge in [-0.05, 0) is 49.1 Å². The molecule has 0 saturated carbocycles. The molecule has 2 aliphatic rings. The maximum atomic E-state index is 13.6. The number of aryl methyl sites for hydroxylation is 1. The number of benzene rings is 1. The number of pyridine rings is 1. The molecule has 1 N–H and O–H groups in total. The number of halogens is 1. The summed E-state index contributed by atoms with van der Waals surface area (Å²) in [5.41, 5.74) is 2.85. The molecule has 9 heteroatoms. The smallest absolute Gasteiger partial charge is 0.279 e. The van der Waals surface area contributed by atoms with E-state index in [4.69, 9.17) is 16.3 Å². The van der Waals surface area contributed by atoms with E-state index in [9.17, 15) is 4.79 Å². The predicted octanol–water partition coefficient (Wildman–Crippen LogP) is 3.65. The van der Waals surface area contributed by atoms with Crippen LogP contribution in [0.2, 0.25) is 5.02 Å².